The molecule has 0 radical (unpaired) electrons. The van der Waals surface area contributed by atoms with Crippen molar-refractivity contribution >= 4 is 17.5 Å². The van der Waals surface area contributed by atoms with Crippen LogP contribution >= 0.6 is 0 Å². The van der Waals surface area contributed by atoms with Crippen molar-refractivity contribution in [3.63, 3.8) is 0 Å². The Hall–Kier alpha value is -4.19. The molecule has 1 N–H and O–H groups in total. The maximum Gasteiger partial charge on any atom is 0.294 e. The van der Waals surface area contributed by atoms with E-state index in [0.717, 1.165) is 22.5 Å². The van der Waals surface area contributed by atoms with Gasteiger partial charge in [0.2, 0.25) is 5.91 Å². The Kier molecular flexibility index (Phi) is 6.72. The summed E-state index contributed by atoms with van der Waals surface area (Å²) in [6, 6.07) is 26.1. The molecular formula is C26H23N3O3. The van der Waals surface area contributed by atoms with E-state index in [0.29, 0.717) is 13.1 Å². The number of hydrogen-bond acceptors (Lipinski definition) is 4. The molecule has 160 valence electrons. The molecule has 32 heavy (non-hydrogen) atoms. The van der Waals surface area contributed by atoms with Crippen LogP contribution in [0.4, 0.5) is 5.69 Å². The lowest BCUT2D eigenvalue weighted by Gasteiger charge is -2.22. The number of hydrogen-bond donors (Lipinski definition) is 1. The van der Waals surface area contributed by atoms with Crippen molar-refractivity contribution in [2.75, 3.05) is 4.90 Å². The standard InChI is InChI=1S/C26H23N3O3/c30-25(28-18-22-9-4-5-15-27-22)17-20-11-13-23(14-12-20)29(19-21-7-2-1-3-8-21)26(31)24-10-6-16-32-24/h1-16H,17-19H2,(H,28,30). The Morgan fingerprint density at radius 2 is 1.62 bits per heavy atom. The van der Waals surface area contributed by atoms with Crippen LogP contribution in [0, 0.1) is 0 Å². The highest BCUT2D eigenvalue weighted by Crippen LogP contribution is 2.21. The number of nitrogens with zero attached hydrogens (tertiary/aromatic N) is 2. The number of benzene rings is 2. The lowest BCUT2D eigenvalue weighted by atomic mass is 10.1. The number of nitrogens with one attached hydrogen (secondary N) is 1. The molecule has 4 rings (SSSR count). The van der Waals surface area contributed by atoms with Gasteiger partial charge in [-0.05, 0) is 47.5 Å². The average molecular weight is 425 g/mol. The molecule has 0 aliphatic heterocycles. The maximum absolute atomic E-state index is 13.1. The summed E-state index contributed by atoms with van der Waals surface area (Å²) in [6.07, 6.45) is 3.43. The minimum atomic E-state index is -0.222. The fourth-order valence-corrected chi connectivity index (χ4v) is 3.31. The van der Waals surface area contributed by atoms with Crippen molar-refractivity contribution in [2.45, 2.75) is 19.5 Å². The summed E-state index contributed by atoms with van der Waals surface area (Å²) in [5.74, 6) is -0.0326. The highest BCUT2D eigenvalue weighted by Gasteiger charge is 2.20. The predicted octanol–water partition coefficient (Wildman–Crippen LogP) is 4.38. The Balaban J connectivity index is 1.45. The third kappa shape index (κ3) is 5.49. The molecule has 6 heteroatoms. The lowest BCUT2D eigenvalue weighted by Crippen LogP contribution is -2.30. The second kappa shape index (κ2) is 10.2. The van der Waals surface area contributed by atoms with Crippen LogP contribution in [0.5, 0.6) is 0 Å². The van der Waals surface area contributed by atoms with E-state index in [-0.39, 0.29) is 24.0 Å². The van der Waals surface area contributed by atoms with Crippen LogP contribution in [0.25, 0.3) is 0 Å². The van der Waals surface area contributed by atoms with Crippen LogP contribution in [-0.4, -0.2) is 16.8 Å². The number of carbonyl (C=O) groups is 2. The molecule has 0 spiro atoms. The van der Waals surface area contributed by atoms with Gasteiger partial charge in [0, 0.05) is 11.9 Å². The molecule has 0 aliphatic rings. The van der Waals surface area contributed by atoms with Crippen LogP contribution < -0.4 is 10.2 Å². The fraction of sp³-hybridized carbons (Fsp3) is 0.115. The zero-order chi connectivity index (χ0) is 22.2. The van der Waals surface area contributed by atoms with Gasteiger partial charge in [0.1, 0.15) is 0 Å². The van der Waals surface area contributed by atoms with E-state index < -0.39 is 0 Å². The molecule has 0 saturated carbocycles. The molecule has 2 aromatic carbocycles. The number of furan rings is 1. The highest BCUT2D eigenvalue weighted by atomic mass is 16.3. The summed E-state index contributed by atoms with van der Waals surface area (Å²) < 4.78 is 5.33. The first-order valence-electron chi connectivity index (χ1n) is 10.3. The molecular weight excluding hydrogens is 402 g/mol. The zero-order valence-corrected chi connectivity index (χ0v) is 17.5. The van der Waals surface area contributed by atoms with E-state index in [2.05, 4.69) is 10.3 Å². The predicted molar refractivity (Wildman–Crippen MR) is 122 cm³/mol. The number of amides is 2. The summed E-state index contributed by atoms with van der Waals surface area (Å²) in [7, 11) is 0. The second-order valence-electron chi connectivity index (χ2n) is 7.30. The highest BCUT2D eigenvalue weighted by molar-refractivity contribution is 6.04. The summed E-state index contributed by atoms with van der Waals surface area (Å²) in [4.78, 5) is 31.2. The maximum atomic E-state index is 13.1. The molecule has 2 aromatic heterocycles. The van der Waals surface area contributed by atoms with Crippen LogP contribution in [0.3, 0.4) is 0 Å². The first kappa shape index (κ1) is 21.1. The topological polar surface area (TPSA) is 75.4 Å². The summed E-state index contributed by atoms with van der Waals surface area (Å²) >= 11 is 0. The monoisotopic (exact) mass is 425 g/mol. The SMILES string of the molecule is O=C(Cc1ccc(N(Cc2ccccc2)C(=O)c2ccco2)cc1)NCc1ccccn1. The minimum Gasteiger partial charge on any atom is -0.459 e. The number of rotatable bonds is 8. The smallest absolute Gasteiger partial charge is 0.294 e. The molecule has 0 fully saturated rings. The Labute approximate surface area is 186 Å². The summed E-state index contributed by atoms with van der Waals surface area (Å²) in [5, 5.41) is 2.88. The minimum absolute atomic E-state index is 0.0868. The molecule has 0 saturated heterocycles. The van der Waals surface area contributed by atoms with Crippen molar-refractivity contribution in [3.05, 3.63) is 120 Å². The summed E-state index contributed by atoms with van der Waals surface area (Å²) in [5.41, 5.74) is 3.40. The number of anilines is 1. The average Bonchev–Trinajstić information content (AvgIpc) is 3.38. The van der Waals surface area contributed by atoms with Crippen LogP contribution in [0.1, 0.15) is 27.4 Å². The van der Waals surface area contributed by atoms with Gasteiger partial charge >= 0.3 is 0 Å². The molecule has 2 amide bonds. The van der Waals surface area contributed by atoms with Gasteiger partial charge in [-0.15, -0.1) is 0 Å². The molecule has 0 aliphatic carbocycles. The number of carbonyl (C=O) groups excluding carboxylic acids is 2. The lowest BCUT2D eigenvalue weighted by molar-refractivity contribution is -0.120. The number of pyridine rings is 1. The van der Waals surface area contributed by atoms with E-state index >= 15 is 0 Å². The van der Waals surface area contributed by atoms with Gasteiger partial charge in [0.15, 0.2) is 5.76 Å². The van der Waals surface area contributed by atoms with Crippen molar-refractivity contribution in [2.24, 2.45) is 0 Å². The van der Waals surface area contributed by atoms with E-state index in [1.165, 1.54) is 6.26 Å². The van der Waals surface area contributed by atoms with E-state index in [1.54, 1.807) is 23.2 Å². The van der Waals surface area contributed by atoms with Crippen molar-refractivity contribution in [1.82, 2.24) is 10.3 Å². The van der Waals surface area contributed by atoms with Gasteiger partial charge in [-0.3, -0.25) is 14.6 Å². The van der Waals surface area contributed by atoms with Gasteiger partial charge in [0.25, 0.3) is 5.91 Å². The molecule has 6 nitrogen and oxygen atoms in total. The van der Waals surface area contributed by atoms with E-state index in [1.807, 2.05) is 72.8 Å². The normalized spacial score (nSPS) is 10.5. The van der Waals surface area contributed by atoms with Crippen LogP contribution in [-0.2, 0) is 24.3 Å². The van der Waals surface area contributed by atoms with Crippen LogP contribution in [0.15, 0.2) is 102 Å². The molecule has 0 bridgehead atoms. The fourth-order valence-electron chi connectivity index (χ4n) is 3.31. The third-order valence-electron chi connectivity index (χ3n) is 4.97. The third-order valence-corrected chi connectivity index (χ3v) is 4.97. The molecule has 0 atom stereocenters. The Morgan fingerprint density at radius 3 is 2.31 bits per heavy atom. The van der Waals surface area contributed by atoms with E-state index in [9.17, 15) is 9.59 Å². The van der Waals surface area contributed by atoms with Gasteiger partial charge < -0.3 is 14.6 Å². The quantitative estimate of drug-likeness (QED) is 0.455. The Bertz CT molecular complexity index is 1140. The van der Waals surface area contributed by atoms with Crippen molar-refractivity contribution in [3.8, 4) is 0 Å². The van der Waals surface area contributed by atoms with Gasteiger partial charge in [-0.2, -0.15) is 0 Å². The van der Waals surface area contributed by atoms with Gasteiger partial charge in [-0.25, -0.2) is 0 Å². The van der Waals surface area contributed by atoms with Crippen LogP contribution in [0.2, 0.25) is 0 Å². The number of aromatic nitrogens is 1. The summed E-state index contributed by atoms with van der Waals surface area (Å²) in [6.45, 7) is 0.796. The van der Waals surface area contributed by atoms with Gasteiger partial charge in [0.05, 0.1) is 31.5 Å². The zero-order valence-electron chi connectivity index (χ0n) is 17.5. The molecule has 4 aromatic rings. The second-order valence-corrected chi connectivity index (χ2v) is 7.30. The first-order chi connectivity index (χ1) is 15.7. The Morgan fingerprint density at radius 1 is 0.844 bits per heavy atom. The van der Waals surface area contributed by atoms with E-state index in [4.69, 9.17) is 4.42 Å². The van der Waals surface area contributed by atoms with Crippen molar-refractivity contribution < 1.29 is 14.0 Å². The van der Waals surface area contributed by atoms with Gasteiger partial charge in [-0.1, -0.05) is 48.5 Å². The molecule has 2 heterocycles. The first-order valence-corrected chi connectivity index (χ1v) is 10.3. The largest absolute Gasteiger partial charge is 0.459 e. The molecule has 0 unspecified atom stereocenters. The van der Waals surface area contributed by atoms with Crippen molar-refractivity contribution in [1.29, 1.82) is 0 Å².